The van der Waals surface area contributed by atoms with Crippen molar-refractivity contribution in [2.75, 3.05) is 31.1 Å². The van der Waals surface area contributed by atoms with Gasteiger partial charge >= 0.3 is 0 Å². The van der Waals surface area contributed by atoms with Gasteiger partial charge in [0.05, 0.1) is 6.54 Å². The molecule has 0 atom stereocenters. The minimum Gasteiger partial charge on any atom is -0.351 e. The van der Waals surface area contributed by atoms with E-state index >= 15 is 0 Å². The summed E-state index contributed by atoms with van der Waals surface area (Å²) < 4.78 is 7.35. The van der Waals surface area contributed by atoms with E-state index in [1.807, 2.05) is 23.0 Å². The van der Waals surface area contributed by atoms with Crippen LogP contribution < -0.4 is 4.90 Å². The molecule has 0 N–H and O–H groups in total. The SMILES string of the molecule is CC(C)c1noc(CN2CCN(c3nccn4ccnc34)CC2)n1. The number of anilines is 1. The van der Waals surface area contributed by atoms with Crippen molar-refractivity contribution in [3.05, 3.63) is 36.5 Å². The second kappa shape index (κ2) is 6.20. The summed E-state index contributed by atoms with van der Waals surface area (Å²) in [6, 6.07) is 0. The number of piperazine rings is 1. The van der Waals surface area contributed by atoms with Gasteiger partial charge in [0, 0.05) is 56.9 Å². The van der Waals surface area contributed by atoms with Crippen LogP contribution in [0.3, 0.4) is 0 Å². The van der Waals surface area contributed by atoms with Gasteiger partial charge in [-0.25, -0.2) is 9.97 Å². The Balaban J connectivity index is 1.40. The van der Waals surface area contributed by atoms with Crippen molar-refractivity contribution >= 4 is 11.5 Å². The van der Waals surface area contributed by atoms with Crippen LogP contribution in [0.5, 0.6) is 0 Å². The van der Waals surface area contributed by atoms with Crippen LogP contribution in [0.2, 0.25) is 0 Å². The molecule has 1 fully saturated rings. The second-order valence-corrected chi connectivity index (χ2v) is 6.37. The van der Waals surface area contributed by atoms with Crippen LogP contribution in [-0.2, 0) is 6.54 Å². The Morgan fingerprint density at radius 3 is 2.54 bits per heavy atom. The number of aromatic nitrogens is 5. The summed E-state index contributed by atoms with van der Waals surface area (Å²) in [6.07, 6.45) is 7.49. The molecule has 1 aliphatic heterocycles. The molecule has 0 aliphatic carbocycles. The molecule has 1 saturated heterocycles. The van der Waals surface area contributed by atoms with Gasteiger partial charge in [0.1, 0.15) is 0 Å². The van der Waals surface area contributed by atoms with Crippen LogP contribution >= 0.6 is 0 Å². The summed E-state index contributed by atoms with van der Waals surface area (Å²) in [7, 11) is 0. The molecule has 24 heavy (non-hydrogen) atoms. The van der Waals surface area contributed by atoms with E-state index in [1.54, 1.807) is 6.20 Å². The fourth-order valence-corrected chi connectivity index (χ4v) is 2.94. The molecule has 0 spiro atoms. The van der Waals surface area contributed by atoms with Crippen LogP contribution in [0.1, 0.15) is 31.5 Å². The largest absolute Gasteiger partial charge is 0.351 e. The van der Waals surface area contributed by atoms with Gasteiger partial charge in [-0.3, -0.25) is 4.90 Å². The highest BCUT2D eigenvalue weighted by molar-refractivity contribution is 5.64. The van der Waals surface area contributed by atoms with E-state index < -0.39 is 0 Å². The smallest absolute Gasteiger partial charge is 0.240 e. The minimum absolute atomic E-state index is 0.292. The van der Waals surface area contributed by atoms with Crippen molar-refractivity contribution in [3.63, 3.8) is 0 Å². The second-order valence-electron chi connectivity index (χ2n) is 6.37. The predicted molar refractivity (Wildman–Crippen MR) is 88.9 cm³/mol. The van der Waals surface area contributed by atoms with Gasteiger partial charge in [0.2, 0.25) is 5.89 Å². The third kappa shape index (κ3) is 2.84. The summed E-state index contributed by atoms with van der Waals surface area (Å²) in [5.74, 6) is 2.71. The molecule has 1 aliphatic rings. The van der Waals surface area contributed by atoms with Crippen molar-refractivity contribution in [2.45, 2.75) is 26.3 Å². The lowest BCUT2D eigenvalue weighted by molar-refractivity contribution is 0.215. The molecule has 0 amide bonds. The predicted octanol–water partition coefficient (Wildman–Crippen LogP) is 1.56. The van der Waals surface area contributed by atoms with Gasteiger partial charge in [-0.1, -0.05) is 19.0 Å². The van der Waals surface area contributed by atoms with Gasteiger partial charge < -0.3 is 13.8 Å². The summed E-state index contributed by atoms with van der Waals surface area (Å²) in [5.41, 5.74) is 0.907. The molecule has 0 bridgehead atoms. The molecule has 4 heterocycles. The van der Waals surface area contributed by atoms with E-state index in [0.717, 1.165) is 43.5 Å². The van der Waals surface area contributed by atoms with E-state index in [9.17, 15) is 0 Å². The first-order valence-corrected chi connectivity index (χ1v) is 8.28. The third-order valence-corrected chi connectivity index (χ3v) is 4.32. The molecule has 0 unspecified atom stereocenters. The number of rotatable bonds is 4. The third-order valence-electron chi connectivity index (χ3n) is 4.32. The fraction of sp³-hybridized carbons (Fsp3) is 0.500. The van der Waals surface area contributed by atoms with Crippen LogP contribution in [-0.4, -0.2) is 55.6 Å². The van der Waals surface area contributed by atoms with Gasteiger partial charge in [0.15, 0.2) is 17.3 Å². The number of fused-ring (bicyclic) bond motifs is 1. The fourth-order valence-electron chi connectivity index (χ4n) is 2.94. The van der Waals surface area contributed by atoms with Crippen LogP contribution in [0, 0.1) is 0 Å². The average molecular weight is 327 g/mol. The Kier molecular flexibility index (Phi) is 3.89. The molecule has 0 aromatic carbocycles. The lowest BCUT2D eigenvalue weighted by Gasteiger charge is -2.34. The standard InChI is InChI=1S/C16H21N7O/c1-12(2)14-19-13(24-20-14)11-21-7-9-23(10-8-21)16-15-17-3-5-22(15)6-4-18-16/h3-6,12H,7-11H2,1-2H3. The van der Waals surface area contributed by atoms with Gasteiger partial charge in [0.25, 0.3) is 0 Å². The van der Waals surface area contributed by atoms with E-state index in [2.05, 4.69) is 43.8 Å². The molecule has 8 nitrogen and oxygen atoms in total. The summed E-state index contributed by atoms with van der Waals surface area (Å²) in [4.78, 5) is 18.0. The molecular formula is C16H21N7O. The summed E-state index contributed by atoms with van der Waals surface area (Å²) >= 11 is 0. The number of imidazole rings is 1. The highest BCUT2D eigenvalue weighted by Gasteiger charge is 2.22. The van der Waals surface area contributed by atoms with Crippen LogP contribution in [0.4, 0.5) is 5.82 Å². The maximum atomic E-state index is 5.35. The van der Waals surface area contributed by atoms with E-state index in [1.165, 1.54) is 0 Å². The number of hydrogen-bond acceptors (Lipinski definition) is 7. The Labute approximate surface area is 140 Å². The van der Waals surface area contributed by atoms with E-state index in [-0.39, 0.29) is 0 Å². The Bertz CT molecular complexity index is 817. The van der Waals surface area contributed by atoms with Gasteiger partial charge in [-0.05, 0) is 0 Å². The van der Waals surface area contributed by atoms with Crippen molar-refractivity contribution in [1.82, 2.24) is 29.4 Å². The summed E-state index contributed by atoms with van der Waals surface area (Å²) in [5, 5.41) is 4.03. The van der Waals surface area contributed by atoms with Crippen LogP contribution in [0.25, 0.3) is 5.65 Å². The highest BCUT2D eigenvalue weighted by Crippen LogP contribution is 2.19. The first kappa shape index (κ1) is 15.1. The van der Waals surface area contributed by atoms with Crippen molar-refractivity contribution in [1.29, 1.82) is 0 Å². The average Bonchev–Trinajstić information content (AvgIpc) is 3.24. The minimum atomic E-state index is 0.292. The zero-order chi connectivity index (χ0) is 16.5. The topological polar surface area (TPSA) is 75.6 Å². The quantitative estimate of drug-likeness (QED) is 0.719. The molecule has 3 aromatic rings. The maximum absolute atomic E-state index is 5.35. The molecule has 8 heteroatoms. The monoisotopic (exact) mass is 327 g/mol. The number of nitrogens with zero attached hydrogens (tertiary/aromatic N) is 7. The Hall–Kier alpha value is -2.48. The highest BCUT2D eigenvalue weighted by atomic mass is 16.5. The Morgan fingerprint density at radius 2 is 1.83 bits per heavy atom. The molecular weight excluding hydrogens is 306 g/mol. The molecule has 126 valence electrons. The molecule has 0 radical (unpaired) electrons. The maximum Gasteiger partial charge on any atom is 0.240 e. The molecule has 4 rings (SSSR count). The first-order chi connectivity index (χ1) is 11.7. The Morgan fingerprint density at radius 1 is 1.08 bits per heavy atom. The molecule has 0 saturated carbocycles. The molecule has 3 aromatic heterocycles. The van der Waals surface area contributed by atoms with Gasteiger partial charge in [-0.15, -0.1) is 0 Å². The zero-order valence-corrected chi connectivity index (χ0v) is 14.0. The lowest BCUT2D eigenvalue weighted by Crippen LogP contribution is -2.46. The van der Waals surface area contributed by atoms with Crippen molar-refractivity contribution in [3.8, 4) is 0 Å². The first-order valence-electron chi connectivity index (χ1n) is 8.28. The van der Waals surface area contributed by atoms with Gasteiger partial charge in [-0.2, -0.15) is 4.98 Å². The normalized spacial score (nSPS) is 16.4. The van der Waals surface area contributed by atoms with Crippen molar-refractivity contribution in [2.24, 2.45) is 0 Å². The van der Waals surface area contributed by atoms with Crippen LogP contribution in [0.15, 0.2) is 29.3 Å². The van der Waals surface area contributed by atoms with E-state index in [4.69, 9.17) is 4.52 Å². The zero-order valence-electron chi connectivity index (χ0n) is 14.0. The number of hydrogen-bond donors (Lipinski definition) is 0. The lowest BCUT2D eigenvalue weighted by atomic mass is 10.2. The van der Waals surface area contributed by atoms with E-state index in [0.29, 0.717) is 18.4 Å². The van der Waals surface area contributed by atoms with Crippen molar-refractivity contribution < 1.29 is 4.52 Å². The summed E-state index contributed by atoms with van der Waals surface area (Å²) in [6.45, 7) is 8.52.